The van der Waals surface area contributed by atoms with Crippen molar-refractivity contribution in [2.24, 2.45) is 0 Å². The minimum atomic E-state index is 0.740. The summed E-state index contributed by atoms with van der Waals surface area (Å²) in [5, 5.41) is 6.77. The Morgan fingerprint density at radius 3 is 2.67 bits per heavy atom. The summed E-state index contributed by atoms with van der Waals surface area (Å²) in [4.78, 5) is 0.775. The van der Waals surface area contributed by atoms with Gasteiger partial charge in [-0.2, -0.15) is 0 Å². The minimum absolute atomic E-state index is 0.740. The fraction of sp³-hybridized carbons (Fsp3) is 0.526. The van der Waals surface area contributed by atoms with Crippen LogP contribution in [0.4, 0.5) is 0 Å². The molecule has 0 saturated carbocycles. The average molecular weight is 349 g/mol. The molecule has 0 saturated heterocycles. The van der Waals surface area contributed by atoms with E-state index in [1.165, 1.54) is 24.8 Å². The van der Waals surface area contributed by atoms with E-state index in [4.69, 9.17) is 21.7 Å². The molecule has 1 aromatic rings. The van der Waals surface area contributed by atoms with Crippen LogP contribution >= 0.6 is 12.2 Å². The predicted molar refractivity (Wildman–Crippen MR) is 104 cm³/mol. The van der Waals surface area contributed by atoms with E-state index in [9.17, 15) is 0 Å². The van der Waals surface area contributed by atoms with Gasteiger partial charge in [-0.25, -0.2) is 0 Å². The molecule has 0 aliphatic carbocycles. The van der Waals surface area contributed by atoms with Crippen LogP contribution in [0.15, 0.2) is 18.2 Å². The van der Waals surface area contributed by atoms with E-state index in [0.29, 0.717) is 0 Å². The lowest BCUT2D eigenvalue weighted by Crippen LogP contribution is -2.26. The molecule has 4 nitrogen and oxygen atoms in total. The summed E-state index contributed by atoms with van der Waals surface area (Å²) in [5.74, 6) is 1.51. The molecular weight excluding hydrogens is 320 g/mol. The molecular formula is C19H28N2O2S. The molecule has 0 radical (unpaired) electrons. The molecule has 1 aromatic carbocycles. The van der Waals surface area contributed by atoms with Gasteiger partial charge in [0.1, 0.15) is 4.99 Å². The molecule has 2 N–H and O–H groups in total. The van der Waals surface area contributed by atoms with Crippen molar-refractivity contribution in [3.05, 3.63) is 29.3 Å². The third-order valence-corrected chi connectivity index (χ3v) is 4.48. The second-order valence-electron chi connectivity index (χ2n) is 5.95. The van der Waals surface area contributed by atoms with Crippen LogP contribution in [-0.2, 0) is 6.42 Å². The summed E-state index contributed by atoms with van der Waals surface area (Å²) in [5.41, 5.74) is 3.43. The van der Waals surface area contributed by atoms with Crippen LogP contribution in [0.3, 0.4) is 0 Å². The molecule has 0 aromatic heterocycles. The van der Waals surface area contributed by atoms with Crippen molar-refractivity contribution in [3.8, 4) is 11.5 Å². The highest BCUT2D eigenvalue weighted by Gasteiger charge is 2.18. The number of unbranched alkanes of at least 4 members (excludes halogenated alkanes) is 3. The Labute approximate surface area is 150 Å². The Morgan fingerprint density at radius 2 is 1.96 bits per heavy atom. The molecule has 24 heavy (non-hydrogen) atoms. The Balaban J connectivity index is 2.08. The van der Waals surface area contributed by atoms with E-state index < -0.39 is 0 Å². The van der Waals surface area contributed by atoms with Crippen molar-refractivity contribution in [2.45, 2.75) is 39.0 Å². The molecule has 0 atom stereocenters. The first kappa shape index (κ1) is 18.6. The highest BCUT2D eigenvalue weighted by Crippen LogP contribution is 2.34. The highest BCUT2D eigenvalue weighted by molar-refractivity contribution is 7.80. The van der Waals surface area contributed by atoms with Gasteiger partial charge in [0.05, 0.1) is 14.2 Å². The van der Waals surface area contributed by atoms with E-state index >= 15 is 0 Å². The predicted octanol–water partition coefficient (Wildman–Crippen LogP) is 3.69. The highest BCUT2D eigenvalue weighted by atomic mass is 32.1. The van der Waals surface area contributed by atoms with Crippen molar-refractivity contribution in [1.82, 2.24) is 10.6 Å². The summed E-state index contributed by atoms with van der Waals surface area (Å²) in [6.45, 7) is 4.05. The SMILES string of the molecule is CCCCCCNC(=S)C=C1NCCc2cc(OC)c(OC)cc21. The first-order chi connectivity index (χ1) is 11.7. The largest absolute Gasteiger partial charge is 0.493 e. The summed E-state index contributed by atoms with van der Waals surface area (Å²) >= 11 is 5.47. The zero-order valence-corrected chi connectivity index (χ0v) is 15.7. The first-order valence-corrected chi connectivity index (χ1v) is 9.09. The van der Waals surface area contributed by atoms with Gasteiger partial charge in [-0.15, -0.1) is 0 Å². The number of hydrogen-bond acceptors (Lipinski definition) is 4. The Morgan fingerprint density at radius 1 is 1.21 bits per heavy atom. The van der Waals surface area contributed by atoms with Gasteiger partial charge < -0.3 is 20.1 Å². The lowest BCUT2D eigenvalue weighted by Gasteiger charge is -2.23. The molecule has 5 heteroatoms. The number of hydrogen-bond donors (Lipinski definition) is 2. The number of ether oxygens (including phenoxy) is 2. The van der Waals surface area contributed by atoms with Crippen LogP contribution in [-0.4, -0.2) is 32.3 Å². The molecule has 1 aliphatic rings. The number of nitrogens with one attached hydrogen (secondary N) is 2. The maximum absolute atomic E-state index is 5.47. The van der Waals surface area contributed by atoms with Crippen molar-refractivity contribution in [2.75, 3.05) is 27.3 Å². The molecule has 0 bridgehead atoms. The Bertz CT molecular complexity index is 599. The molecule has 1 aliphatic heterocycles. The normalized spacial score (nSPS) is 14.7. The summed E-state index contributed by atoms with van der Waals surface area (Å²) in [7, 11) is 3.33. The maximum Gasteiger partial charge on any atom is 0.161 e. The van der Waals surface area contributed by atoms with Gasteiger partial charge in [-0.3, -0.25) is 0 Å². The minimum Gasteiger partial charge on any atom is -0.493 e. The fourth-order valence-electron chi connectivity index (χ4n) is 2.88. The van der Waals surface area contributed by atoms with Crippen molar-refractivity contribution < 1.29 is 9.47 Å². The topological polar surface area (TPSA) is 42.5 Å². The van der Waals surface area contributed by atoms with Crippen molar-refractivity contribution in [3.63, 3.8) is 0 Å². The van der Waals surface area contributed by atoms with Gasteiger partial charge in [-0.1, -0.05) is 38.4 Å². The van der Waals surface area contributed by atoms with Gasteiger partial charge in [0.25, 0.3) is 0 Å². The van der Waals surface area contributed by atoms with Gasteiger partial charge in [-0.05, 0) is 36.6 Å². The molecule has 0 unspecified atom stereocenters. The van der Waals surface area contributed by atoms with Crippen LogP contribution < -0.4 is 20.1 Å². The second-order valence-corrected chi connectivity index (χ2v) is 6.39. The Kier molecular flexibility index (Phi) is 7.37. The number of thiocarbonyl (C=S) groups is 1. The lowest BCUT2D eigenvalue weighted by molar-refractivity contribution is 0.354. The van der Waals surface area contributed by atoms with Gasteiger partial charge >= 0.3 is 0 Å². The zero-order valence-electron chi connectivity index (χ0n) is 14.9. The van der Waals surface area contributed by atoms with Crippen molar-refractivity contribution >= 4 is 22.9 Å². The number of fused-ring (bicyclic) bond motifs is 1. The maximum atomic E-state index is 5.47. The van der Waals surface area contributed by atoms with E-state index in [-0.39, 0.29) is 0 Å². The van der Waals surface area contributed by atoms with Crippen molar-refractivity contribution in [1.29, 1.82) is 0 Å². The number of methoxy groups -OCH3 is 2. The summed E-state index contributed by atoms with van der Waals surface area (Å²) < 4.78 is 10.8. The third-order valence-electron chi connectivity index (χ3n) is 4.21. The van der Waals surface area contributed by atoms with E-state index in [1.54, 1.807) is 14.2 Å². The molecule has 132 valence electrons. The van der Waals surface area contributed by atoms with E-state index in [1.807, 2.05) is 12.1 Å². The van der Waals surface area contributed by atoms with Crippen LogP contribution in [0.5, 0.6) is 11.5 Å². The second kappa shape index (κ2) is 9.52. The smallest absolute Gasteiger partial charge is 0.161 e. The van der Waals surface area contributed by atoms with Crippen LogP contribution in [0, 0.1) is 0 Å². The first-order valence-electron chi connectivity index (χ1n) is 8.68. The van der Waals surface area contributed by atoms with Gasteiger partial charge in [0, 0.05) is 24.4 Å². The molecule has 0 fully saturated rings. The lowest BCUT2D eigenvalue weighted by atomic mass is 9.97. The van der Waals surface area contributed by atoms with E-state index in [2.05, 4.69) is 23.6 Å². The summed E-state index contributed by atoms with van der Waals surface area (Å²) in [6.07, 6.45) is 7.92. The standard InChI is InChI=1S/C19H28N2O2S/c1-4-5-6-7-9-21-19(24)13-16-15-12-18(23-3)17(22-2)11-14(15)8-10-20-16/h11-13,20H,4-10H2,1-3H3,(H,21,24). The average Bonchev–Trinajstić information content (AvgIpc) is 2.60. The van der Waals surface area contributed by atoms with E-state index in [0.717, 1.165) is 53.7 Å². The summed E-state index contributed by atoms with van der Waals surface area (Å²) in [6, 6.07) is 4.08. The quantitative estimate of drug-likeness (QED) is 0.426. The van der Waals surface area contributed by atoms with Crippen LogP contribution in [0.2, 0.25) is 0 Å². The third kappa shape index (κ3) is 4.87. The fourth-order valence-corrected chi connectivity index (χ4v) is 3.10. The Hall–Kier alpha value is -1.75. The van der Waals surface area contributed by atoms with Gasteiger partial charge in [0.2, 0.25) is 0 Å². The van der Waals surface area contributed by atoms with Gasteiger partial charge in [0.15, 0.2) is 11.5 Å². The monoisotopic (exact) mass is 348 g/mol. The number of benzene rings is 1. The molecule has 1 heterocycles. The molecule has 2 rings (SSSR count). The molecule has 0 spiro atoms. The molecule has 0 amide bonds. The van der Waals surface area contributed by atoms with Crippen LogP contribution in [0.1, 0.15) is 43.7 Å². The number of rotatable bonds is 8. The van der Waals surface area contributed by atoms with Crippen LogP contribution in [0.25, 0.3) is 5.70 Å². The zero-order chi connectivity index (χ0) is 17.4.